The summed E-state index contributed by atoms with van der Waals surface area (Å²) in [7, 11) is -3.94. The van der Waals surface area contributed by atoms with Gasteiger partial charge in [-0.05, 0) is 89.2 Å². The standard InChI is InChI=1S/C22H23I2NO4S/c1-22(2)16-7-3-4-8-19(16)25(11-5-6-12-30(27,28)29)20(22)10-9-15-13-17(23)21(26)18(24)14-15/h3-4,7-10,13-14H,5-6,11-12H2,1-2H3,(H,27,28,29)/p+1. The summed E-state index contributed by atoms with van der Waals surface area (Å²) < 4.78 is 34.9. The van der Waals surface area contributed by atoms with Crippen molar-refractivity contribution in [3.63, 3.8) is 0 Å². The minimum atomic E-state index is -3.94. The Balaban J connectivity index is 1.96. The van der Waals surface area contributed by atoms with Crippen molar-refractivity contribution in [3.05, 3.63) is 60.7 Å². The maximum atomic E-state index is 11.0. The van der Waals surface area contributed by atoms with Crippen LogP contribution in [0.15, 0.2) is 42.5 Å². The molecule has 0 atom stereocenters. The Bertz CT molecular complexity index is 1110. The van der Waals surface area contributed by atoms with Gasteiger partial charge in [0, 0.05) is 24.1 Å². The molecule has 0 aromatic heterocycles. The third-order valence-corrected chi connectivity index (χ3v) is 7.76. The zero-order valence-electron chi connectivity index (χ0n) is 16.8. The number of para-hydroxylation sites is 1. The van der Waals surface area contributed by atoms with Gasteiger partial charge in [-0.3, -0.25) is 4.55 Å². The molecule has 0 aliphatic carbocycles. The fraction of sp³-hybridized carbons (Fsp3) is 0.318. The molecule has 0 saturated carbocycles. The molecule has 1 aliphatic rings. The van der Waals surface area contributed by atoms with Crippen molar-refractivity contribution in [1.29, 1.82) is 0 Å². The zero-order chi connectivity index (χ0) is 22.1. The highest BCUT2D eigenvalue weighted by Crippen LogP contribution is 2.40. The van der Waals surface area contributed by atoms with Gasteiger partial charge in [0.2, 0.25) is 5.69 Å². The van der Waals surface area contributed by atoms with E-state index in [1.807, 2.05) is 24.3 Å². The van der Waals surface area contributed by atoms with Crippen molar-refractivity contribution >= 4 is 72.8 Å². The maximum absolute atomic E-state index is 11.0. The number of rotatable bonds is 7. The van der Waals surface area contributed by atoms with Crippen molar-refractivity contribution < 1.29 is 22.7 Å². The first-order valence-corrected chi connectivity index (χ1v) is 13.3. The van der Waals surface area contributed by atoms with Crippen LogP contribution < -0.4 is 0 Å². The number of aromatic hydroxyl groups is 1. The van der Waals surface area contributed by atoms with Crippen LogP contribution in [-0.2, 0) is 15.5 Å². The monoisotopic (exact) mass is 652 g/mol. The largest absolute Gasteiger partial charge is 0.506 e. The second kappa shape index (κ2) is 9.25. The Morgan fingerprint density at radius 1 is 1.07 bits per heavy atom. The van der Waals surface area contributed by atoms with Gasteiger partial charge in [0.15, 0.2) is 5.71 Å². The number of fused-ring (bicyclic) bond motifs is 1. The van der Waals surface area contributed by atoms with Gasteiger partial charge in [-0.2, -0.15) is 13.0 Å². The molecule has 2 N–H and O–H groups in total. The van der Waals surface area contributed by atoms with E-state index in [2.05, 4.69) is 87.9 Å². The van der Waals surface area contributed by atoms with Crippen LogP contribution in [0.1, 0.15) is 37.8 Å². The fourth-order valence-corrected chi connectivity index (χ4v) is 6.18. The molecule has 0 spiro atoms. The van der Waals surface area contributed by atoms with Gasteiger partial charge in [0.05, 0.1) is 18.3 Å². The molecule has 0 radical (unpaired) electrons. The van der Waals surface area contributed by atoms with E-state index >= 15 is 0 Å². The van der Waals surface area contributed by atoms with Crippen LogP contribution in [0.5, 0.6) is 5.75 Å². The minimum Gasteiger partial charge on any atom is -0.506 e. The summed E-state index contributed by atoms with van der Waals surface area (Å²) in [5.41, 5.74) is 4.30. The second-order valence-corrected chi connectivity index (χ2v) is 11.7. The fourth-order valence-electron chi connectivity index (χ4n) is 3.79. The van der Waals surface area contributed by atoms with E-state index in [0.29, 0.717) is 25.1 Å². The predicted molar refractivity (Wildman–Crippen MR) is 137 cm³/mol. The highest BCUT2D eigenvalue weighted by molar-refractivity contribution is 14.1. The zero-order valence-corrected chi connectivity index (χ0v) is 21.9. The van der Waals surface area contributed by atoms with E-state index in [9.17, 15) is 13.5 Å². The molecule has 2 aromatic carbocycles. The summed E-state index contributed by atoms with van der Waals surface area (Å²) in [5.74, 6) is 0.0802. The highest BCUT2D eigenvalue weighted by atomic mass is 127. The number of benzene rings is 2. The van der Waals surface area contributed by atoms with Gasteiger partial charge < -0.3 is 5.11 Å². The van der Waals surface area contributed by atoms with Crippen LogP contribution in [0.2, 0.25) is 0 Å². The first kappa shape index (κ1) is 23.7. The molecule has 3 rings (SSSR count). The minimum absolute atomic E-state index is 0.201. The van der Waals surface area contributed by atoms with E-state index in [1.54, 1.807) is 0 Å². The molecule has 0 saturated heterocycles. The number of hydrogen-bond acceptors (Lipinski definition) is 3. The molecule has 0 unspecified atom stereocenters. The number of unbranched alkanes of at least 4 members (excludes halogenated alkanes) is 1. The molecule has 2 aromatic rings. The van der Waals surface area contributed by atoms with E-state index < -0.39 is 10.1 Å². The quantitative estimate of drug-likeness (QED) is 0.183. The number of nitrogens with zero attached hydrogens (tertiary/aromatic N) is 1. The molecule has 5 nitrogen and oxygen atoms in total. The SMILES string of the molecule is CC1(C)C(/C=C/c2cc(I)c(O)c(I)c2)=[N+](CCCCS(=O)(=O)O)c2ccccc21. The average molecular weight is 652 g/mol. The Kier molecular flexibility index (Phi) is 7.30. The summed E-state index contributed by atoms with van der Waals surface area (Å²) in [6, 6.07) is 12.2. The molecule has 0 amide bonds. The van der Waals surface area contributed by atoms with Crippen LogP contribution in [0.3, 0.4) is 0 Å². The van der Waals surface area contributed by atoms with E-state index in [-0.39, 0.29) is 11.2 Å². The summed E-state index contributed by atoms with van der Waals surface area (Å²) in [5, 5.41) is 10.0. The van der Waals surface area contributed by atoms with Crippen molar-refractivity contribution in [2.75, 3.05) is 12.3 Å². The Morgan fingerprint density at radius 3 is 2.33 bits per heavy atom. The van der Waals surface area contributed by atoms with Crippen LogP contribution >= 0.6 is 45.2 Å². The van der Waals surface area contributed by atoms with Gasteiger partial charge in [-0.15, -0.1) is 0 Å². The number of hydrogen-bond donors (Lipinski definition) is 2. The summed E-state index contributed by atoms with van der Waals surface area (Å²) in [4.78, 5) is 0. The first-order chi connectivity index (χ1) is 14.0. The normalized spacial score (nSPS) is 15.8. The van der Waals surface area contributed by atoms with E-state index in [1.165, 1.54) is 5.56 Å². The lowest BCUT2D eigenvalue weighted by molar-refractivity contribution is -0.438. The average Bonchev–Trinajstić information content (AvgIpc) is 2.87. The number of halogens is 2. The van der Waals surface area contributed by atoms with Crippen molar-refractivity contribution in [1.82, 2.24) is 0 Å². The van der Waals surface area contributed by atoms with E-state index in [4.69, 9.17) is 4.55 Å². The molecule has 160 valence electrons. The molecular formula is C22H24I2NO4S+. The third-order valence-electron chi connectivity index (χ3n) is 5.31. The lowest BCUT2D eigenvalue weighted by Crippen LogP contribution is -2.28. The molecular weight excluding hydrogens is 628 g/mol. The van der Waals surface area contributed by atoms with Gasteiger partial charge in [-0.1, -0.05) is 18.2 Å². The second-order valence-electron chi connectivity index (χ2n) is 7.84. The molecule has 1 aliphatic heterocycles. The summed E-state index contributed by atoms with van der Waals surface area (Å²) in [6.07, 6.45) is 5.22. The van der Waals surface area contributed by atoms with Gasteiger partial charge in [0.1, 0.15) is 12.3 Å². The molecule has 0 fully saturated rings. The lowest BCUT2D eigenvalue weighted by Gasteiger charge is -2.15. The molecule has 8 heteroatoms. The maximum Gasteiger partial charge on any atom is 0.264 e. The van der Waals surface area contributed by atoms with Crippen LogP contribution in [0.25, 0.3) is 6.08 Å². The van der Waals surface area contributed by atoms with Crippen molar-refractivity contribution in [2.45, 2.75) is 32.1 Å². The number of allylic oxidation sites excluding steroid dienone is 1. The van der Waals surface area contributed by atoms with Crippen molar-refractivity contribution in [2.24, 2.45) is 0 Å². The molecule has 30 heavy (non-hydrogen) atoms. The van der Waals surface area contributed by atoms with Gasteiger partial charge >= 0.3 is 0 Å². The lowest BCUT2D eigenvalue weighted by atomic mass is 9.81. The van der Waals surface area contributed by atoms with Crippen LogP contribution in [0.4, 0.5) is 5.69 Å². The number of phenolic OH excluding ortho intramolecular Hbond substituents is 1. The smallest absolute Gasteiger partial charge is 0.264 e. The van der Waals surface area contributed by atoms with Gasteiger partial charge in [0.25, 0.3) is 10.1 Å². The van der Waals surface area contributed by atoms with Crippen molar-refractivity contribution in [3.8, 4) is 5.75 Å². The molecule has 1 heterocycles. The van der Waals surface area contributed by atoms with Crippen LogP contribution in [-0.4, -0.2) is 40.7 Å². The first-order valence-electron chi connectivity index (χ1n) is 9.56. The summed E-state index contributed by atoms with van der Waals surface area (Å²) in [6.45, 7) is 5.04. The summed E-state index contributed by atoms with van der Waals surface area (Å²) >= 11 is 4.26. The molecule has 0 bridgehead atoms. The Labute approximate surface area is 204 Å². The third kappa shape index (κ3) is 5.25. The number of phenols is 1. The van der Waals surface area contributed by atoms with Gasteiger partial charge in [-0.25, -0.2) is 0 Å². The Morgan fingerprint density at radius 2 is 1.70 bits per heavy atom. The highest BCUT2D eigenvalue weighted by Gasteiger charge is 2.43. The van der Waals surface area contributed by atoms with Crippen LogP contribution in [0, 0.1) is 7.14 Å². The Hall–Kier alpha value is -0.980. The predicted octanol–water partition coefficient (Wildman–Crippen LogP) is 5.36. The topological polar surface area (TPSA) is 77.6 Å². The van der Waals surface area contributed by atoms with E-state index in [0.717, 1.165) is 24.1 Å².